The van der Waals surface area contributed by atoms with Gasteiger partial charge in [0.2, 0.25) is 5.84 Å². The summed E-state index contributed by atoms with van der Waals surface area (Å²) >= 11 is 0. The topological polar surface area (TPSA) is 78.5 Å². The van der Waals surface area contributed by atoms with E-state index < -0.39 is 5.97 Å². The van der Waals surface area contributed by atoms with Gasteiger partial charge in [0.1, 0.15) is 19.3 Å². The number of quaternary nitrogens is 1. The molecule has 0 aromatic heterocycles. The highest BCUT2D eigenvalue weighted by molar-refractivity contribution is 5.82. The van der Waals surface area contributed by atoms with Gasteiger partial charge in [-0.25, -0.2) is 9.48 Å². The summed E-state index contributed by atoms with van der Waals surface area (Å²) in [6, 6.07) is 0. The first kappa shape index (κ1) is 30.6. The molecule has 0 saturated heterocycles. The van der Waals surface area contributed by atoms with Gasteiger partial charge in [-0.2, -0.15) is 0 Å². The zero-order valence-corrected chi connectivity index (χ0v) is 22.2. The largest absolute Gasteiger partial charge is 0.544 e. The third kappa shape index (κ3) is 14.7. The summed E-state index contributed by atoms with van der Waals surface area (Å²) in [5.74, 6) is -0.228. The Hall–Kier alpha value is -1.46. The SMILES string of the molecule is CCCCCCCCCCCCCCCCCCC/C=C/CC1=NC=C[N+]1(CCN)CC(=O)[O-]. The zero-order chi connectivity index (χ0) is 24.7. The van der Waals surface area contributed by atoms with Gasteiger partial charge in [-0.15, -0.1) is 0 Å². The number of hydrogen-bond donors (Lipinski definition) is 1. The van der Waals surface area contributed by atoms with Crippen molar-refractivity contribution in [2.75, 3.05) is 19.6 Å². The monoisotopic (exact) mass is 475 g/mol. The van der Waals surface area contributed by atoms with Crippen molar-refractivity contribution in [1.29, 1.82) is 0 Å². The summed E-state index contributed by atoms with van der Waals surface area (Å²) in [5.41, 5.74) is 5.70. The molecule has 1 aliphatic rings. The van der Waals surface area contributed by atoms with Gasteiger partial charge < -0.3 is 15.6 Å². The van der Waals surface area contributed by atoms with Gasteiger partial charge in [-0.1, -0.05) is 122 Å². The number of amidine groups is 1. The number of aliphatic imine (C=N–C) groups is 1. The first-order chi connectivity index (χ1) is 16.6. The predicted molar refractivity (Wildman–Crippen MR) is 143 cm³/mol. The minimum atomic E-state index is -1.07. The van der Waals surface area contributed by atoms with Crippen LogP contribution in [0.1, 0.15) is 129 Å². The summed E-state index contributed by atoms with van der Waals surface area (Å²) < 4.78 is 0.197. The van der Waals surface area contributed by atoms with Gasteiger partial charge in [-0.3, -0.25) is 0 Å². The lowest BCUT2D eigenvalue weighted by Crippen LogP contribution is -2.54. The molecule has 0 bridgehead atoms. The number of carboxylic acids is 1. The van der Waals surface area contributed by atoms with Crippen LogP contribution < -0.4 is 10.8 Å². The van der Waals surface area contributed by atoms with Crippen molar-refractivity contribution in [3.8, 4) is 0 Å². The van der Waals surface area contributed by atoms with E-state index in [1.54, 1.807) is 6.20 Å². The van der Waals surface area contributed by atoms with Crippen molar-refractivity contribution in [3.05, 3.63) is 24.6 Å². The molecule has 1 aliphatic heterocycles. The van der Waals surface area contributed by atoms with Crippen molar-refractivity contribution in [3.63, 3.8) is 0 Å². The van der Waals surface area contributed by atoms with E-state index in [4.69, 9.17) is 5.73 Å². The lowest BCUT2D eigenvalue weighted by molar-refractivity contribution is -0.780. The molecule has 0 radical (unpaired) electrons. The molecule has 0 spiro atoms. The maximum atomic E-state index is 11.2. The number of carbonyl (C=O) groups excluding carboxylic acids is 1. The van der Waals surface area contributed by atoms with Crippen molar-refractivity contribution < 1.29 is 14.4 Å². The average molecular weight is 476 g/mol. The van der Waals surface area contributed by atoms with Crippen LogP contribution in [0.4, 0.5) is 0 Å². The number of rotatable bonds is 24. The second-order valence-corrected chi connectivity index (χ2v) is 10.0. The Morgan fingerprint density at radius 1 is 0.853 bits per heavy atom. The van der Waals surface area contributed by atoms with Crippen LogP contribution in [-0.2, 0) is 4.79 Å². The second kappa shape index (κ2) is 20.9. The quantitative estimate of drug-likeness (QED) is 0.0999. The normalized spacial score (nSPS) is 17.6. The Morgan fingerprint density at radius 2 is 1.35 bits per heavy atom. The van der Waals surface area contributed by atoms with Crippen LogP contribution in [0.3, 0.4) is 0 Å². The molecule has 0 aliphatic carbocycles. The molecular formula is C29H53N3O2. The van der Waals surface area contributed by atoms with E-state index in [1.165, 1.54) is 109 Å². The molecule has 5 heteroatoms. The number of hydrogen-bond acceptors (Lipinski definition) is 4. The van der Waals surface area contributed by atoms with Gasteiger partial charge in [0, 0.05) is 6.54 Å². The fourth-order valence-corrected chi connectivity index (χ4v) is 4.86. The Labute approximate surface area is 210 Å². The number of nitrogens with zero attached hydrogens (tertiary/aromatic N) is 2. The molecule has 0 amide bonds. The Morgan fingerprint density at radius 3 is 1.82 bits per heavy atom. The number of carboxylic acid groups (broad SMARTS) is 1. The molecule has 1 heterocycles. The summed E-state index contributed by atoms with van der Waals surface area (Å²) in [5, 5.41) is 11.2. The highest BCUT2D eigenvalue weighted by Crippen LogP contribution is 2.19. The van der Waals surface area contributed by atoms with E-state index >= 15 is 0 Å². The number of aliphatic carboxylic acids is 1. The molecule has 1 rings (SSSR count). The first-order valence-corrected chi connectivity index (χ1v) is 14.3. The van der Waals surface area contributed by atoms with Crippen LogP contribution in [-0.4, -0.2) is 35.9 Å². The molecular weight excluding hydrogens is 422 g/mol. The number of nitrogens with two attached hydrogens (primary N) is 1. The standard InChI is InChI=1S/C29H53N3O2/c1-2-3-4-5-6-7-8-9-10-11-12-13-14-15-16-17-18-19-20-21-22-28-31-24-26-32(28,25-23-30)27-29(33)34/h20-21,24,26H,2-19,22-23,25,27,30H2,1H3/b21-20+. The van der Waals surface area contributed by atoms with Crippen molar-refractivity contribution in [2.24, 2.45) is 10.7 Å². The number of carbonyl (C=O) groups is 1. The summed E-state index contributed by atoms with van der Waals surface area (Å²) in [6.07, 6.45) is 33.3. The summed E-state index contributed by atoms with van der Waals surface area (Å²) in [4.78, 5) is 15.6. The van der Waals surface area contributed by atoms with Crippen LogP contribution in [0, 0.1) is 0 Å². The van der Waals surface area contributed by atoms with Crippen molar-refractivity contribution in [1.82, 2.24) is 0 Å². The number of allylic oxidation sites excluding steroid dienone is 1. The van der Waals surface area contributed by atoms with Gasteiger partial charge in [0.05, 0.1) is 18.6 Å². The minimum absolute atomic E-state index is 0.0977. The van der Waals surface area contributed by atoms with Gasteiger partial charge in [-0.05, 0) is 12.8 Å². The summed E-state index contributed by atoms with van der Waals surface area (Å²) in [7, 11) is 0. The van der Waals surface area contributed by atoms with E-state index in [2.05, 4.69) is 24.1 Å². The molecule has 0 aromatic rings. The lowest BCUT2D eigenvalue weighted by atomic mass is 10.0. The zero-order valence-electron chi connectivity index (χ0n) is 22.2. The third-order valence-corrected chi connectivity index (χ3v) is 6.97. The van der Waals surface area contributed by atoms with Gasteiger partial charge in [0.25, 0.3) is 0 Å². The smallest absolute Gasteiger partial charge is 0.211 e. The van der Waals surface area contributed by atoms with Crippen LogP contribution >= 0.6 is 0 Å². The molecule has 1 atom stereocenters. The van der Waals surface area contributed by atoms with E-state index in [0.29, 0.717) is 19.5 Å². The van der Waals surface area contributed by atoms with Crippen molar-refractivity contribution >= 4 is 11.8 Å². The molecule has 0 aromatic carbocycles. The lowest BCUT2D eigenvalue weighted by Gasteiger charge is -2.32. The van der Waals surface area contributed by atoms with Gasteiger partial charge in [0.15, 0.2) is 0 Å². The number of unbranched alkanes of at least 4 members (excludes halogenated alkanes) is 17. The fourth-order valence-electron chi connectivity index (χ4n) is 4.86. The average Bonchev–Trinajstić information content (AvgIpc) is 3.19. The van der Waals surface area contributed by atoms with E-state index in [1.807, 2.05) is 6.20 Å². The fraction of sp³-hybridized carbons (Fsp3) is 0.793. The van der Waals surface area contributed by atoms with E-state index in [-0.39, 0.29) is 11.0 Å². The van der Waals surface area contributed by atoms with E-state index in [9.17, 15) is 9.90 Å². The molecule has 0 fully saturated rings. The molecule has 196 valence electrons. The highest BCUT2D eigenvalue weighted by atomic mass is 16.4. The third-order valence-electron chi connectivity index (χ3n) is 6.97. The maximum Gasteiger partial charge on any atom is 0.211 e. The van der Waals surface area contributed by atoms with Crippen LogP contribution in [0.5, 0.6) is 0 Å². The summed E-state index contributed by atoms with van der Waals surface area (Å²) in [6.45, 7) is 3.14. The van der Waals surface area contributed by atoms with Gasteiger partial charge >= 0.3 is 0 Å². The molecule has 2 N–H and O–H groups in total. The molecule has 1 unspecified atom stereocenters. The molecule has 5 nitrogen and oxygen atoms in total. The Balaban J connectivity index is 1.92. The minimum Gasteiger partial charge on any atom is -0.544 e. The Bertz CT molecular complexity index is 600. The van der Waals surface area contributed by atoms with Crippen molar-refractivity contribution in [2.45, 2.75) is 129 Å². The van der Waals surface area contributed by atoms with E-state index in [0.717, 1.165) is 12.3 Å². The Kier molecular flexibility index (Phi) is 18.8. The van der Waals surface area contributed by atoms with Crippen LogP contribution in [0.25, 0.3) is 0 Å². The van der Waals surface area contributed by atoms with Crippen LogP contribution in [0.2, 0.25) is 0 Å². The molecule has 0 saturated carbocycles. The predicted octanol–water partition coefficient (Wildman–Crippen LogP) is 6.38. The molecule has 34 heavy (non-hydrogen) atoms. The highest BCUT2D eigenvalue weighted by Gasteiger charge is 2.34. The second-order valence-electron chi connectivity index (χ2n) is 10.0. The first-order valence-electron chi connectivity index (χ1n) is 14.3. The van der Waals surface area contributed by atoms with Crippen LogP contribution in [0.15, 0.2) is 29.5 Å². The maximum absolute atomic E-state index is 11.2.